The molecule has 0 bridgehead atoms. The second-order valence-corrected chi connectivity index (χ2v) is 6.58. The Labute approximate surface area is 133 Å². The van der Waals surface area contributed by atoms with Crippen LogP contribution in [0.5, 0.6) is 5.75 Å². The molecule has 0 unspecified atom stereocenters. The Morgan fingerprint density at radius 1 is 1.35 bits per heavy atom. The second-order valence-electron chi connectivity index (χ2n) is 5.05. The van der Waals surface area contributed by atoms with Crippen LogP contribution >= 0.6 is 27.7 Å². The van der Waals surface area contributed by atoms with Crippen LogP contribution in [-0.4, -0.2) is 28.2 Å². The number of methoxy groups -OCH3 is 1. The SMILES string of the molecule is CCC(CC)(CBr)CSc1nc2ccc(OC)cc2[nH]1. The van der Waals surface area contributed by atoms with Crippen molar-refractivity contribution >= 4 is 38.7 Å². The van der Waals surface area contributed by atoms with E-state index < -0.39 is 0 Å². The average Bonchev–Trinajstić information content (AvgIpc) is 2.91. The molecular formula is C15H21BrN2OS. The summed E-state index contributed by atoms with van der Waals surface area (Å²) in [7, 11) is 1.68. The zero-order chi connectivity index (χ0) is 14.6. The fourth-order valence-corrected chi connectivity index (χ4v) is 4.62. The van der Waals surface area contributed by atoms with Crippen LogP contribution in [0, 0.1) is 5.41 Å². The fourth-order valence-electron chi connectivity index (χ4n) is 2.06. The molecule has 5 heteroatoms. The number of halogens is 1. The Bertz CT molecular complexity index is 558. The van der Waals surface area contributed by atoms with E-state index in [0.29, 0.717) is 5.41 Å². The van der Waals surface area contributed by atoms with Crippen LogP contribution in [0.4, 0.5) is 0 Å². The molecule has 0 saturated heterocycles. The van der Waals surface area contributed by atoms with Gasteiger partial charge in [-0.2, -0.15) is 0 Å². The van der Waals surface area contributed by atoms with Crippen LogP contribution in [0.25, 0.3) is 11.0 Å². The van der Waals surface area contributed by atoms with Crippen molar-refractivity contribution in [3.05, 3.63) is 18.2 Å². The molecule has 1 heterocycles. The van der Waals surface area contributed by atoms with Crippen LogP contribution in [0.2, 0.25) is 0 Å². The minimum absolute atomic E-state index is 0.349. The highest BCUT2D eigenvalue weighted by molar-refractivity contribution is 9.09. The van der Waals surface area contributed by atoms with Crippen LogP contribution < -0.4 is 4.74 Å². The number of aromatic amines is 1. The summed E-state index contributed by atoms with van der Waals surface area (Å²) in [6.07, 6.45) is 2.35. The highest BCUT2D eigenvalue weighted by Crippen LogP contribution is 2.35. The van der Waals surface area contributed by atoms with Crippen molar-refractivity contribution in [2.75, 3.05) is 18.2 Å². The van der Waals surface area contributed by atoms with E-state index in [1.807, 2.05) is 18.2 Å². The van der Waals surface area contributed by atoms with Crippen molar-refractivity contribution in [2.45, 2.75) is 31.8 Å². The topological polar surface area (TPSA) is 37.9 Å². The molecule has 2 aromatic rings. The van der Waals surface area contributed by atoms with E-state index in [1.165, 1.54) is 12.8 Å². The maximum absolute atomic E-state index is 5.24. The molecule has 0 spiro atoms. The Morgan fingerprint density at radius 3 is 2.70 bits per heavy atom. The lowest BCUT2D eigenvalue weighted by atomic mass is 9.87. The van der Waals surface area contributed by atoms with Crippen molar-refractivity contribution < 1.29 is 4.74 Å². The van der Waals surface area contributed by atoms with Crippen molar-refractivity contribution in [1.82, 2.24) is 9.97 Å². The van der Waals surface area contributed by atoms with Gasteiger partial charge in [-0.1, -0.05) is 41.5 Å². The summed E-state index contributed by atoms with van der Waals surface area (Å²) in [5, 5.41) is 2.02. The average molecular weight is 357 g/mol. The van der Waals surface area contributed by atoms with Gasteiger partial charge < -0.3 is 9.72 Å². The molecule has 2 rings (SSSR count). The molecule has 0 aliphatic carbocycles. The molecule has 0 aliphatic heterocycles. The van der Waals surface area contributed by atoms with Gasteiger partial charge in [0, 0.05) is 17.1 Å². The van der Waals surface area contributed by atoms with Crippen LogP contribution in [0.1, 0.15) is 26.7 Å². The fraction of sp³-hybridized carbons (Fsp3) is 0.533. The Kier molecular flexibility index (Phi) is 5.38. The van der Waals surface area contributed by atoms with Gasteiger partial charge in [-0.15, -0.1) is 0 Å². The van der Waals surface area contributed by atoms with Gasteiger partial charge in [0.25, 0.3) is 0 Å². The molecule has 20 heavy (non-hydrogen) atoms. The largest absolute Gasteiger partial charge is 0.497 e. The molecule has 1 aromatic heterocycles. The number of thioether (sulfide) groups is 1. The van der Waals surface area contributed by atoms with E-state index >= 15 is 0 Å². The minimum Gasteiger partial charge on any atom is -0.497 e. The predicted molar refractivity (Wildman–Crippen MR) is 90.2 cm³/mol. The number of aromatic nitrogens is 2. The second kappa shape index (κ2) is 6.85. The first-order valence-electron chi connectivity index (χ1n) is 6.89. The quantitative estimate of drug-likeness (QED) is 0.568. The minimum atomic E-state index is 0.349. The van der Waals surface area contributed by atoms with Crippen molar-refractivity contribution in [3.63, 3.8) is 0 Å². The van der Waals surface area contributed by atoms with Crippen molar-refractivity contribution in [3.8, 4) is 5.75 Å². The maximum Gasteiger partial charge on any atom is 0.166 e. The number of nitrogens with zero attached hydrogens (tertiary/aromatic N) is 1. The third kappa shape index (κ3) is 3.31. The van der Waals surface area contributed by atoms with E-state index in [1.54, 1.807) is 18.9 Å². The first-order valence-corrected chi connectivity index (χ1v) is 8.99. The first-order chi connectivity index (χ1) is 9.66. The molecule has 1 aromatic carbocycles. The molecule has 0 amide bonds. The van der Waals surface area contributed by atoms with Crippen molar-refractivity contribution in [1.29, 1.82) is 0 Å². The summed E-state index contributed by atoms with van der Waals surface area (Å²) in [5.74, 6) is 1.93. The summed E-state index contributed by atoms with van der Waals surface area (Å²) in [4.78, 5) is 8.00. The summed E-state index contributed by atoms with van der Waals surface area (Å²) in [5.41, 5.74) is 2.37. The Hall–Kier alpha value is -0.680. The van der Waals surface area contributed by atoms with Gasteiger partial charge in [-0.3, -0.25) is 0 Å². The molecular weight excluding hydrogens is 336 g/mol. The van der Waals surface area contributed by atoms with E-state index in [-0.39, 0.29) is 0 Å². The third-order valence-electron chi connectivity index (χ3n) is 3.97. The number of alkyl halides is 1. The molecule has 0 fully saturated rings. The van der Waals surface area contributed by atoms with E-state index in [9.17, 15) is 0 Å². The third-order valence-corrected chi connectivity index (χ3v) is 6.38. The molecule has 110 valence electrons. The summed E-state index contributed by atoms with van der Waals surface area (Å²) in [6.45, 7) is 4.52. The Morgan fingerprint density at radius 2 is 2.10 bits per heavy atom. The van der Waals surface area contributed by atoms with Crippen molar-refractivity contribution in [2.24, 2.45) is 5.41 Å². The number of fused-ring (bicyclic) bond motifs is 1. The number of ether oxygens (including phenoxy) is 1. The number of benzene rings is 1. The lowest BCUT2D eigenvalue weighted by Crippen LogP contribution is -2.23. The zero-order valence-corrected chi connectivity index (χ0v) is 14.6. The van der Waals surface area contributed by atoms with Crippen LogP contribution in [-0.2, 0) is 0 Å². The van der Waals surface area contributed by atoms with Gasteiger partial charge in [-0.05, 0) is 30.4 Å². The maximum atomic E-state index is 5.24. The van der Waals surface area contributed by atoms with Gasteiger partial charge in [-0.25, -0.2) is 4.98 Å². The van der Waals surface area contributed by atoms with Gasteiger partial charge in [0.05, 0.1) is 18.1 Å². The predicted octanol–water partition coefficient (Wildman–Crippen LogP) is 4.86. The van der Waals surface area contributed by atoms with E-state index in [0.717, 1.165) is 33.0 Å². The lowest BCUT2D eigenvalue weighted by Gasteiger charge is -2.28. The summed E-state index contributed by atoms with van der Waals surface area (Å²) >= 11 is 5.46. The standard InChI is InChI=1S/C15H21BrN2OS/c1-4-15(5-2,9-16)10-20-14-17-12-7-6-11(19-3)8-13(12)18-14/h6-8H,4-5,9-10H2,1-3H3,(H,17,18). The molecule has 0 saturated carbocycles. The number of rotatable bonds is 7. The first kappa shape index (κ1) is 15.7. The van der Waals surface area contributed by atoms with E-state index in [4.69, 9.17) is 4.74 Å². The van der Waals surface area contributed by atoms with Gasteiger partial charge in [0.2, 0.25) is 0 Å². The van der Waals surface area contributed by atoms with Gasteiger partial charge in [0.1, 0.15) is 5.75 Å². The zero-order valence-electron chi connectivity index (χ0n) is 12.2. The number of hydrogen-bond acceptors (Lipinski definition) is 3. The Balaban J connectivity index is 2.14. The smallest absolute Gasteiger partial charge is 0.166 e. The molecule has 3 nitrogen and oxygen atoms in total. The van der Waals surface area contributed by atoms with E-state index in [2.05, 4.69) is 39.7 Å². The highest BCUT2D eigenvalue weighted by Gasteiger charge is 2.25. The summed E-state index contributed by atoms with van der Waals surface area (Å²) < 4.78 is 5.24. The monoisotopic (exact) mass is 356 g/mol. The van der Waals surface area contributed by atoms with Gasteiger partial charge >= 0.3 is 0 Å². The van der Waals surface area contributed by atoms with Crippen LogP contribution in [0.3, 0.4) is 0 Å². The number of H-pyrrole nitrogens is 1. The number of nitrogens with one attached hydrogen (secondary N) is 1. The molecule has 0 aliphatic rings. The normalized spacial score (nSPS) is 12.0. The molecule has 1 N–H and O–H groups in total. The number of hydrogen-bond donors (Lipinski definition) is 1. The lowest BCUT2D eigenvalue weighted by molar-refractivity contribution is 0.359. The number of imidazole rings is 1. The van der Waals surface area contributed by atoms with Crippen LogP contribution in [0.15, 0.2) is 23.4 Å². The summed E-state index contributed by atoms with van der Waals surface area (Å²) in [6, 6.07) is 5.92. The highest BCUT2D eigenvalue weighted by atomic mass is 79.9. The van der Waals surface area contributed by atoms with Gasteiger partial charge in [0.15, 0.2) is 5.16 Å². The molecule has 0 atom stereocenters. The molecule has 0 radical (unpaired) electrons.